The first kappa shape index (κ1) is 16.8. The molecule has 0 bridgehead atoms. The van der Waals surface area contributed by atoms with Crippen molar-refractivity contribution < 1.29 is 23.8 Å². The summed E-state index contributed by atoms with van der Waals surface area (Å²) in [5.41, 5.74) is 1.60. The topological polar surface area (TPSA) is 55.8 Å². The lowest BCUT2D eigenvalue weighted by Crippen LogP contribution is -2.15. The smallest absolute Gasteiger partial charge is 0.311 e. The Morgan fingerprint density at radius 2 is 1.87 bits per heavy atom. The molecule has 4 nitrogen and oxygen atoms in total. The first-order valence-corrected chi connectivity index (χ1v) is 7.27. The molecule has 122 valence electrons. The molecule has 0 aliphatic carbocycles. The first-order chi connectivity index (χ1) is 11.0. The molecule has 0 aliphatic heterocycles. The summed E-state index contributed by atoms with van der Waals surface area (Å²) in [6.07, 6.45) is 0.276. The third-order valence-corrected chi connectivity index (χ3v) is 3.55. The van der Waals surface area contributed by atoms with Gasteiger partial charge in [0.1, 0.15) is 5.82 Å². The molecule has 1 unspecified atom stereocenters. The zero-order valence-corrected chi connectivity index (χ0v) is 13.1. The van der Waals surface area contributed by atoms with Gasteiger partial charge < -0.3 is 14.6 Å². The largest absolute Gasteiger partial charge is 0.493 e. The van der Waals surface area contributed by atoms with E-state index in [4.69, 9.17) is 9.47 Å². The van der Waals surface area contributed by atoms with Crippen molar-refractivity contribution in [1.29, 1.82) is 0 Å². The fraction of sp³-hybridized carbons (Fsp3) is 0.278. The van der Waals surface area contributed by atoms with Crippen molar-refractivity contribution in [2.75, 3.05) is 13.7 Å². The lowest BCUT2D eigenvalue weighted by molar-refractivity contribution is -0.139. The van der Waals surface area contributed by atoms with Gasteiger partial charge in [0.2, 0.25) is 0 Å². The van der Waals surface area contributed by atoms with E-state index in [1.807, 2.05) is 19.1 Å². The zero-order chi connectivity index (χ0) is 16.8. The average Bonchev–Trinajstić information content (AvgIpc) is 2.53. The maximum atomic E-state index is 13.0. The summed E-state index contributed by atoms with van der Waals surface area (Å²) < 4.78 is 23.8. The Kier molecular flexibility index (Phi) is 5.57. The van der Waals surface area contributed by atoms with Crippen LogP contribution >= 0.6 is 0 Å². The van der Waals surface area contributed by atoms with Gasteiger partial charge in [-0.1, -0.05) is 18.2 Å². The van der Waals surface area contributed by atoms with Crippen LogP contribution in [0, 0.1) is 12.7 Å². The van der Waals surface area contributed by atoms with Gasteiger partial charge in [0.25, 0.3) is 0 Å². The van der Waals surface area contributed by atoms with Crippen molar-refractivity contribution in [2.24, 2.45) is 0 Å². The number of hydrogen-bond donors (Lipinski definition) is 1. The molecule has 23 heavy (non-hydrogen) atoms. The van der Waals surface area contributed by atoms with Crippen molar-refractivity contribution in [3.63, 3.8) is 0 Å². The third kappa shape index (κ3) is 4.45. The molecule has 0 saturated carbocycles. The fourth-order valence-corrected chi connectivity index (χ4v) is 2.31. The molecule has 0 heterocycles. The predicted molar refractivity (Wildman–Crippen MR) is 84.6 cm³/mol. The average molecular weight is 318 g/mol. The molecular formula is C18H19FO4. The van der Waals surface area contributed by atoms with Crippen LogP contribution < -0.4 is 9.47 Å². The van der Waals surface area contributed by atoms with Crippen LogP contribution in [0.1, 0.15) is 23.5 Å². The van der Waals surface area contributed by atoms with E-state index in [2.05, 4.69) is 0 Å². The normalized spacial score (nSPS) is 11.8. The summed E-state index contributed by atoms with van der Waals surface area (Å²) in [4.78, 5) is 11.4. The Balaban J connectivity index is 2.03. The van der Waals surface area contributed by atoms with Crippen LogP contribution in [0.15, 0.2) is 42.5 Å². The van der Waals surface area contributed by atoms with Gasteiger partial charge in [0.15, 0.2) is 11.5 Å². The highest BCUT2D eigenvalue weighted by Gasteiger charge is 2.20. The van der Waals surface area contributed by atoms with Crippen LogP contribution in [0.25, 0.3) is 0 Å². The number of ether oxygens (including phenoxy) is 2. The summed E-state index contributed by atoms with van der Waals surface area (Å²) in [7, 11) is 1.56. The lowest BCUT2D eigenvalue weighted by Gasteiger charge is -2.15. The van der Waals surface area contributed by atoms with E-state index < -0.39 is 17.7 Å². The van der Waals surface area contributed by atoms with Crippen LogP contribution in [0.5, 0.6) is 11.5 Å². The standard InChI is InChI=1S/C18H19FO4/c1-12-3-8-16(17(11-12)22-2)23-10-9-15(18(20)21)13-4-6-14(19)7-5-13/h3-8,11,15H,9-10H2,1-2H3,(H,20,21). The highest BCUT2D eigenvalue weighted by molar-refractivity contribution is 5.76. The minimum atomic E-state index is -0.962. The van der Waals surface area contributed by atoms with Gasteiger partial charge in [-0.2, -0.15) is 0 Å². The van der Waals surface area contributed by atoms with Crippen molar-refractivity contribution in [1.82, 2.24) is 0 Å². The van der Waals surface area contributed by atoms with Gasteiger partial charge in [-0.15, -0.1) is 0 Å². The number of rotatable bonds is 7. The second-order valence-corrected chi connectivity index (χ2v) is 5.23. The number of aliphatic carboxylic acids is 1. The van der Waals surface area contributed by atoms with Crippen LogP contribution in [-0.2, 0) is 4.79 Å². The van der Waals surface area contributed by atoms with E-state index in [0.717, 1.165) is 5.56 Å². The van der Waals surface area contributed by atoms with Crippen LogP contribution in [0.3, 0.4) is 0 Å². The summed E-state index contributed by atoms with van der Waals surface area (Å²) in [6.45, 7) is 2.16. The quantitative estimate of drug-likeness (QED) is 0.844. The SMILES string of the molecule is COc1cc(C)ccc1OCCC(C(=O)O)c1ccc(F)cc1. The number of hydrogen-bond acceptors (Lipinski definition) is 3. The molecule has 5 heteroatoms. The minimum absolute atomic E-state index is 0.216. The fourth-order valence-electron chi connectivity index (χ4n) is 2.31. The molecule has 0 aliphatic rings. The maximum Gasteiger partial charge on any atom is 0.311 e. The molecule has 2 aromatic rings. The maximum absolute atomic E-state index is 13.0. The molecular weight excluding hydrogens is 299 g/mol. The molecule has 0 amide bonds. The monoisotopic (exact) mass is 318 g/mol. The molecule has 2 aromatic carbocycles. The molecule has 1 atom stereocenters. The summed E-state index contributed by atoms with van der Waals surface area (Å²) in [5, 5.41) is 9.36. The second kappa shape index (κ2) is 7.63. The Morgan fingerprint density at radius 1 is 1.17 bits per heavy atom. The summed E-state index contributed by atoms with van der Waals surface area (Å²) >= 11 is 0. The lowest BCUT2D eigenvalue weighted by atomic mass is 9.96. The van der Waals surface area contributed by atoms with Crippen LogP contribution in [0.4, 0.5) is 4.39 Å². The Labute approximate surface area is 134 Å². The van der Waals surface area contributed by atoms with Crippen molar-refractivity contribution >= 4 is 5.97 Å². The predicted octanol–water partition coefficient (Wildman–Crippen LogP) is 3.78. The van der Waals surface area contributed by atoms with Gasteiger partial charge in [-0.3, -0.25) is 4.79 Å². The van der Waals surface area contributed by atoms with Crippen molar-refractivity contribution in [2.45, 2.75) is 19.3 Å². The van der Waals surface area contributed by atoms with E-state index in [-0.39, 0.29) is 13.0 Å². The molecule has 1 N–H and O–H groups in total. The molecule has 0 saturated heterocycles. The van der Waals surface area contributed by atoms with E-state index >= 15 is 0 Å². The van der Waals surface area contributed by atoms with E-state index in [1.165, 1.54) is 24.3 Å². The Hall–Kier alpha value is -2.56. The van der Waals surface area contributed by atoms with Crippen molar-refractivity contribution in [3.05, 3.63) is 59.4 Å². The number of halogens is 1. The molecule has 0 radical (unpaired) electrons. The molecule has 0 fully saturated rings. The number of carboxylic acids is 1. The number of aryl methyl sites for hydroxylation is 1. The van der Waals surface area contributed by atoms with E-state index in [9.17, 15) is 14.3 Å². The van der Waals surface area contributed by atoms with Gasteiger partial charge in [-0.25, -0.2) is 4.39 Å². The van der Waals surface area contributed by atoms with Gasteiger partial charge >= 0.3 is 5.97 Å². The summed E-state index contributed by atoms with van der Waals surface area (Å²) in [6, 6.07) is 11.0. The van der Waals surface area contributed by atoms with Gasteiger partial charge in [0, 0.05) is 0 Å². The van der Waals surface area contributed by atoms with Crippen molar-refractivity contribution in [3.8, 4) is 11.5 Å². The first-order valence-electron chi connectivity index (χ1n) is 7.27. The van der Waals surface area contributed by atoms with Gasteiger partial charge in [0.05, 0.1) is 19.6 Å². The zero-order valence-electron chi connectivity index (χ0n) is 13.1. The Bertz CT molecular complexity index is 667. The van der Waals surface area contributed by atoms with E-state index in [0.29, 0.717) is 17.1 Å². The number of carboxylic acid groups (broad SMARTS) is 1. The minimum Gasteiger partial charge on any atom is -0.493 e. The molecule has 0 aromatic heterocycles. The highest BCUT2D eigenvalue weighted by atomic mass is 19.1. The summed E-state index contributed by atoms with van der Waals surface area (Å²) in [5.74, 6) is -0.915. The molecule has 0 spiro atoms. The van der Waals surface area contributed by atoms with Crippen LogP contribution in [-0.4, -0.2) is 24.8 Å². The number of carbonyl (C=O) groups is 1. The van der Waals surface area contributed by atoms with Gasteiger partial charge in [-0.05, 0) is 48.7 Å². The Morgan fingerprint density at radius 3 is 2.48 bits per heavy atom. The van der Waals surface area contributed by atoms with E-state index in [1.54, 1.807) is 13.2 Å². The number of benzene rings is 2. The number of methoxy groups -OCH3 is 1. The van der Waals surface area contributed by atoms with Crippen LogP contribution in [0.2, 0.25) is 0 Å². The highest BCUT2D eigenvalue weighted by Crippen LogP contribution is 2.29. The third-order valence-electron chi connectivity index (χ3n) is 3.55. The molecule has 2 rings (SSSR count). The second-order valence-electron chi connectivity index (χ2n) is 5.23.